The van der Waals surface area contributed by atoms with E-state index >= 15 is 0 Å². The van der Waals surface area contributed by atoms with Crippen molar-refractivity contribution in [1.82, 2.24) is 4.90 Å². The fourth-order valence-corrected chi connectivity index (χ4v) is 3.18. The van der Waals surface area contributed by atoms with E-state index in [1.54, 1.807) is 24.3 Å². The van der Waals surface area contributed by atoms with Crippen LogP contribution in [-0.2, 0) is 9.59 Å². The van der Waals surface area contributed by atoms with E-state index in [2.05, 4.69) is 5.32 Å². The van der Waals surface area contributed by atoms with Gasteiger partial charge in [-0.05, 0) is 49.6 Å². The SMILES string of the molecule is CC(C)CN1C(=O)C(Nc2ccc(F)c(F)c2)=C(c2ccc(OC(C)C)cc2)C1=O. The predicted molar refractivity (Wildman–Crippen MR) is 111 cm³/mol. The molecule has 0 fully saturated rings. The first kappa shape index (κ1) is 21.5. The zero-order valence-electron chi connectivity index (χ0n) is 17.3. The van der Waals surface area contributed by atoms with E-state index in [4.69, 9.17) is 4.74 Å². The Labute approximate surface area is 174 Å². The van der Waals surface area contributed by atoms with E-state index in [9.17, 15) is 18.4 Å². The molecule has 0 atom stereocenters. The van der Waals surface area contributed by atoms with Crippen LogP contribution in [0.3, 0.4) is 0 Å². The van der Waals surface area contributed by atoms with Crippen molar-refractivity contribution in [3.63, 3.8) is 0 Å². The van der Waals surface area contributed by atoms with Crippen LogP contribution in [0.4, 0.5) is 14.5 Å². The minimum Gasteiger partial charge on any atom is -0.491 e. The summed E-state index contributed by atoms with van der Waals surface area (Å²) in [6.45, 7) is 7.86. The Morgan fingerprint density at radius 2 is 1.60 bits per heavy atom. The highest BCUT2D eigenvalue weighted by molar-refractivity contribution is 6.36. The van der Waals surface area contributed by atoms with Gasteiger partial charge in [0.25, 0.3) is 11.8 Å². The highest BCUT2D eigenvalue weighted by Gasteiger charge is 2.39. The summed E-state index contributed by atoms with van der Waals surface area (Å²) in [5, 5.41) is 2.82. The van der Waals surface area contributed by atoms with Crippen LogP contribution in [-0.4, -0.2) is 29.4 Å². The van der Waals surface area contributed by atoms with Gasteiger partial charge in [0, 0.05) is 18.3 Å². The Bertz CT molecular complexity index is 998. The minimum atomic E-state index is -1.05. The Kier molecular flexibility index (Phi) is 6.20. The molecule has 30 heavy (non-hydrogen) atoms. The smallest absolute Gasteiger partial charge is 0.278 e. The topological polar surface area (TPSA) is 58.6 Å². The normalized spacial score (nSPS) is 14.3. The predicted octanol–water partition coefficient (Wildman–Crippen LogP) is 4.60. The molecule has 0 aliphatic carbocycles. The van der Waals surface area contributed by atoms with Crippen LogP contribution in [0.2, 0.25) is 0 Å². The molecule has 1 N–H and O–H groups in total. The summed E-state index contributed by atoms with van der Waals surface area (Å²) in [6, 6.07) is 10.1. The van der Waals surface area contributed by atoms with Crippen molar-refractivity contribution in [3.05, 3.63) is 65.4 Å². The second-order valence-electron chi connectivity index (χ2n) is 7.81. The van der Waals surface area contributed by atoms with Gasteiger partial charge in [-0.25, -0.2) is 8.78 Å². The summed E-state index contributed by atoms with van der Waals surface area (Å²) in [6.07, 6.45) is -0.00288. The average Bonchev–Trinajstić information content (AvgIpc) is 2.89. The fourth-order valence-electron chi connectivity index (χ4n) is 3.18. The van der Waals surface area contributed by atoms with Crippen molar-refractivity contribution >= 4 is 23.1 Å². The number of hydrogen-bond donors (Lipinski definition) is 1. The van der Waals surface area contributed by atoms with E-state index in [0.29, 0.717) is 11.3 Å². The number of nitrogens with one attached hydrogen (secondary N) is 1. The second kappa shape index (κ2) is 8.65. The molecule has 0 aromatic heterocycles. The third-order valence-corrected chi connectivity index (χ3v) is 4.42. The maximum Gasteiger partial charge on any atom is 0.278 e. The number of amides is 2. The number of carbonyl (C=O) groups is 2. The minimum absolute atomic E-state index is 0.00288. The van der Waals surface area contributed by atoms with Crippen LogP contribution >= 0.6 is 0 Å². The molecule has 0 bridgehead atoms. The lowest BCUT2D eigenvalue weighted by Crippen LogP contribution is -2.35. The highest BCUT2D eigenvalue weighted by atomic mass is 19.2. The Balaban J connectivity index is 2.02. The van der Waals surface area contributed by atoms with Gasteiger partial charge in [-0.3, -0.25) is 14.5 Å². The molecule has 1 aliphatic rings. The summed E-state index contributed by atoms with van der Waals surface area (Å²) >= 11 is 0. The number of carbonyl (C=O) groups excluding carboxylic acids is 2. The Morgan fingerprint density at radius 1 is 0.933 bits per heavy atom. The number of halogens is 2. The van der Waals surface area contributed by atoms with Crippen LogP contribution in [0.5, 0.6) is 5.75 Å². The summed E-state index contributed by atoms with van der Waals surface area (Å²) < 4.78 is 32.5. The summed E-state index contributed by atoms with van der Waals surface area (Å²) in [5.41, 5.74) is 0.917. The molecule has 2 amide bonds. The van der Waals surface area contributed by atoms with Gasteiger partial charge in [-0.2, -0.15) is 0 Å². The van der Waals surface area contributed by atoms with Gasteiger partial charge in [0.15, 0.2) is 11.6 Å². The molecule has 1 heterocycles. The number of rotatable bonds is 7. The Morgan fingerprint density at radius 3 is 2.17 bits per heavy atom. The van der Waals surface area contributed by atoms with Crippen LogP contribution in [0.25, 0.3) is 5.57 Å². The molecule has 1 aliphatic heterocycles. The third-order valence-electron chi connectivity index (χ3n) is 4.42. The molecule has 2 aromatic carbocycles. The monoisotopic (exact) mass is 414 g/mol. The first-order valence-electron chi connectivity index (χ1n) is 9.77. The summed E-state index contributed by atoms with van der Waals surface area (Å²) in [4.78, 5) is 27.2. The number of nitrogens with zero attached hydrogens (tertiary/aromatic N) is 1. The molecule has 0 spiro atoms. The van der Waals surface area contributed by atoms with Crippen LogP contribution in [0.15, 0.2) is 48.2 Å². The molecule has 0 saturated carbocycles. The molecular weight excluding hydrogens is 390 g/mol. The maximum absolute atomic E-state index is 13.6. The van der Waals surface area contributed by atoms with Crippen molar-refractivity contribution < 1.29 is 23.1 Å². The van der Waals surface area contributed by atoms with Gasteiger partial charge in [0.05, 0.1) is 11.7 Å². The molecule has 0 unspecified atom stereocenters. The number of benzene rings is 2. The molecule has 5 nitrogen and oxygen atoms in total. The lowest BCUT2D eigenvalue weighted by Gasteiger charge is -2.17. The number of hydrogen-bond acceptors (Lipinski definition) is 4. The van der Waals surface area contributed by atoms with Crippen molar-refractivity contribution in [1.29, 1.82) is 0 Å². The van der Waals surface area contributed by atoms with Gasteiger partial charge in [-0.15, -0.1) is 0 Å². The largest absolute Gasteiger partial charge is 0.491 e. The van der Waals surface area contributed by atoms with Crippen LogP contribution < -0.4 is 10.1 Å². The molecule has 2 aromatic rings. The van der Waals surface area contributed by atoms with Gasteiger partial charge in [0.1, 0.15) is 11.4 Å². The van der Waals surface area contributed by atoms with Gasteiger partial charge in [0.2, 0.25) is 0 Å². The number of anilines is 1. The standard InChI is InChI=1S/C23H24F2N2O3/c1-13(2)12-27-22(28)20(15-5-8-17(9-6-15)30-14(3)4)21(23(27)29)26-16-7-10-18(24)19(25)11-16/h5-11,13-14,26H,12H2,1-4H3. The number of ether oxygens (including phenoxy) is 1. The molecule has 0 radical (unpaired) electrons. The van der Waals surface area contributed by atoms with E-state index in [-0.39, 0.29) is 35.5 Å². The van der Waals surface area contributed by atoms with E-state index in [1.165, 1.54) is 11.0 Å². The van der Waals surface area contributed by atoms with Crippen molar-refractivity contribution in [3.8, 4) is 5.75 Å². The number of imide groups is 1. The zero-order valence-corrected chi connectivity index (χ0v) is 17.3. The highest BCUT2D eigenvalue weighted by Crippen LogP contribution is 2.32. The van der Waals surface area contributed by atoms with Crippen molar-refractivity contribution in [2.75, 3.05) is 11.9 Å². The van der Waals surface area contributed by atoms with Crippen molar-refractivity contribution in [2.24, 2.45) is 5.92 Å². The summed E-state index contributed by atoms with van der Waals surface area (Å²) in [7, 11) is 0. The van der Waals surface area contributed by atoms with Gasteiger partial charge < -0.3 is 10.1 Å². The molecule has 0 saturated heterocycles. The zero-order chi connectivity index (χ0) is 22.0. The molecular formula is C23H24F2N2O3. The first-order valence-corrected chi connectivity index (χ1v) is 9.77. The maximum atomic E-state index is 13.6. The fraction of sp³-hybridized carbons (Fsp3) is 0.304. The lowest BCUT2D eigenvalue weighted by molar-refractivity contribution is -0.137. The van der Waals surface area contributed by atoms with E-state index in [0.717, 1.165) is 12.1 Å². The van der Waals surface area contributed by atoms with Crippen LogP contribution in [0, 0.1) is 17.6 Å². The van der Waals surface area contributed by atoms with Gasteiger partial charge >= 0.3 is 0 Å². The molecule has 3 rings (SSSR count). The quantitative estimate of drug-likeness (QED) is 0.673. The van der Waals surface area contributed by atoms with Crippen LogP contribution in [0.1, 0.15) is 33.3 Å². The van der Waals surface area contributed by atoms with E-state index in [1.807, 2.05) is 27.7 Å². The summed E-state index contributed by atoms with van der Waals surface area (Å²) in [5.74, 6) is -2.27. The van der Waals surface area contributed by atoms with Crippen molar-refractivity contribution in [2.45, 2.75) is 33.8 Å². The molecule has 158 valence electrons. The average molecular weight is 414 g/mol. The Hall–Kier alpha value is -3.22. The third kappa shape index (κ3) is 4.50. The first-order chi connectivity index (χ1) is 14.2. The second-order valence-corrected chi connectivity index (χ2v) is 7.81. The molecule has 7 heteroatoms. The lowest BCUT2D eigenvalue weighted by atomic mass is 10.0. The van der Waals surface area contributed by atoms with E-state index < -0.39 is 23.4 Å². The van der Waals surface area contributed by atoms with Gasteiger partial charge in [-0.1, -0.05) is 26.0 Å².